The Morgan fingerprint density at radius 1 is 1.33 bits per heavy atom. The molecule has 0 saturated heterocycles. The van der Waals surface area contributed by atoms with Gasteiger partial charge in [0.25, 0.3) is 0 Å². The summed E-state index contributed by atoms with van der Waals surface area (Å²) in [5.41, 5.74) is -1.20. The SMILES string of the molecule is CCCC(C)(NC(=O)CSc1ccc(OC)cc1)C(=O)O. The summed E-state index contributed by atoms with van der Waals surface area (Å²) in [5, 5.41) is 11.8. The first-order chi connectivity index (χ1) is 9.91. The van der Waals surface area contributed by atoms with Crippen molar-refractivity contribution < 1.29 is 19.4 Å². The summed E-state index contributed by atoms with van der Waals surface area (Å²) in [6.45, 7) is 3.42. The fourth-order valence-electron chi connectivity index (χ4n) is 1.89. The number of carboxylic acid groups (broad SMARTS) is 1. The molecule has 0 radical (unpaired) electrons. The Morgan fingerprint density at radius 3 is 2.43 bits per heavy atom. The van der Waals surface area contributed by atoms with Crippen LogP contribution >= 0.6 is 11.8 Å². The molecule has 0 aliphatic rings. The molecule has 116 valence electrons. The molecule has 0 aliphatic heterocycles. The number of amides is 1. The molecule has 1 aromatic rings. The van der Waals surface area contributed by atoms with Gasteiger partial charge >= 0.3 is 5.97 Å². The lowest BCUT2D eigenvalue weighted by molar-refractivity contribution is -0.146. The van der Waals surface area contributed by atoms with Crippen molar-refractivity contribution in [2.75, 3.05) is 12.9 Å². The van der Waals surface area contributed by atoms with Crippen LogP contribution in [0.15, 0.2) is 29.2 Å². The molecule has 1 atom stereocenters. The molecule has 21 heavy (non-hydrogen) atoms. The van der Waals surface area contributed by atoms with Crippen LogP contribution in [0.4, 0.5) is 0 Å². The standard InChI is InChI=1S/C15H21NO4S/c1-4-9-15(2,14(18)19)16-13(17)10-21-12-7-5-11(20-3)6-8-12/h5-8H,4,9-10H2,1-3H3,(H,16,17)(H,18,19). The Labute approximate surface area is 129 Å². The maximum atomic E-state index is 11.9. The van der Waals surface area contributed by atoms with Crippen LogP contribution in [0.25, 0.3) is 0 Å². The third-order valence-corrected chi connectivity index (χ3v) is 4.08. The van der Waals surface area contributed by atoms with Gasteiger partial charge in [-0.15, -0.1) is 11.8 Å². The van der Waals surface area contributed by atoms with E-state index in [1.54, 1.807) is 7.11 Å². The predicted molar refractivity (Wildman–Crippen MR) is 82.8 cm³/mol. The number of hydrogen-bond donors (Lipinski definition) is 2. The van der Waals surface area contributed by atoms with Crippen LogP contribution in [0.2, 0.25) is 0 Å². The first kappa shape index (κ1) is 17.4. The summed E-state index contributed by atoms with van der Waals surface area (Å²) in [5.74, 6) is -0.356. The summed E-state index contributed by atoms with van der Waals surface area (Å²) in [4.78, 5) is 24.1. The van der Waals surface area contributed by atoms with E-state index in [1.165, 1.54) is 18.7 Å². The van der Waals surface area contributed by atoms with E-state index < -0.39 is 11.5 Å². The zero-order chi connectivity index (χ0) is 15.9. The number of ether oxygens (including phenoxy) is 1. The smallest absolute Gasteiger partial charge is 0.329 e. The second-order valence-corrected chi connectivity index (χ2v) is 5.95. The molecule has 6 heteroatoms. The number of methoxy groups -OCH3 is 1. The topological polar surface area (TPSA) is 75.6 Å². The number of carbonyl (C=O) groups excluding carboxylic acids is 1. The molecule has 0 spiro atoms. The van der Waals surface area contributed by atoms with Gasteiger partial charge in [-0.1, -0.05) is 13.3 Å². The zero-order valence-corrected chi connectivity index (χ0v) is 13.3. The number of benzene rings is 1. The molecule has 1 rings (SSSR count). The highest BCUT2D eigenvalue weighted by atomic mass is 32.2. The molecule has 5 nitrogen and oxygen atoms in total. The highest BCUT2D eigenvalue weighted by Gasteiger charge is 2.33. The number of carboxylic acids is 1. The second kappa shape index (κ2) is 7.93. The second-order valence-electron chi connectivity index (χ2n) is 4.90. The first-order valence-electron chi connectivity index (χ1n) is 6.72. The van der Waals surface area contributed by atoms with Crippen LogP contribution in [-0.2, 0) is 9.59 Å². The molecule has 0 aliphatic carbocycles. The lowest BCUT2D eigenvalue weighted by Crippen LogP contribution is -2.52. The van der Waals surface area contributed by atoms with Gasteiger partial charge in [-0.25, -0.2) is 4.79 Å². The minimum atomic E-state index is -1.20. The fourth-order valence-corrected chi connectivity index (χ4v) is 2.59. The van der Waals surface area contributed by atoms with Crippen LogP contribution in [0.5, 0.6) is 5.75 Å². The van der Waals surface area contributed by atoms with E-state index in [2.05, 4.69) is 5.32 Å². The molecule has 1 unspecified atom stereocenters. The minimum Gasteiger partial charge on any atom is -0.497 e. The Hall–Kier alpha value is -1.69. The van der Waals surface area contributed by atoms with Gasteiger partial charge in [-0.3, -0.25) is 4.79 Å². The summed E-state index contributed by atoms with van der Waals surface area (Å²) in [7, 11) is 1.59. The van der Waals surface area contributed by atoms with Crippen LogP contribution < -0.4 is 10.1 Å². The van der Waals surface area contributed by atoms with Crippen molar-refractivity contribution in [3.8, 4) is 5.75 Å². The van der Waals surface area contributed by atoms with E-state index in [1.807, 2.05) is 31.2 Å². The van der Waals surface area contributed by atoms with E-state index in [9.17, 15) is 14.7 Å². The minimum absolute atomic E-state index is 0.179. The van der Waals surface area contributed by atoms with Gasteiger partial charge in [0.1, 0.15) is 11.3 Å². The number of carbonyl (C=O) groups is 2. The summed E-state index contributed by atoms with van der Waals surface area (Å²) >= 11 is 1.36. The number of nitrogens with one attached hydrogen (secondary N) is 1. The lowest BCUT2D eigenvalue weighted by atomic mass is 9.96. The summed E-state index contributed by atoms with van der Waals surface area (Å²) in [6, 6.07) is 7.36. The van der Waals surface area contributed by atoms with Gasteiger partial charge in [-0.05, 0) is 37.6 Å². The molecular formula is C15H21NO4S. The Kier molecular flexibility index (Phi) is 6.55. The fraction of sp³-hybridized carbons (Fsp3) is 0.467. The molecule has 0 heterocycles. The Balaban J connectivity index is 2.54. The molecule has 1 amide bonds. The maximum absolute atomic E-state index is 11.9. The average Bonchev–Trinajstić information content (AvgIpc) is 2.45. The van der Waals surface area contributed by atoms with Gasteiger partial charge in [0.05, 0.1) is 12.9 Å². The molecule has 0 fully saturated rings. The monoisotopic (exact) mass is 311 g/mol. The third-order valence-electron chi connectivity index (χ3n) is 3.07. The van der Waals surface area contributed by atoms with E-state index >= 15 is 0 Å². The third kappa shape index (κ3) is 5.30. The number of hydrogen-bond acceptors (Lipinski definition) is 4. The van der Waals surface area contributed by atoms with E-state index in [0.29, 0.717) is 12.8 Å². The molecule has 2 N–H and O–H groups in total. The van der Waals surface area contributed by atoms with Gasteiger partial charge in [0.15, 0.2) is 0 Å². The van der Waals surface area contributed by atoms with E-state index in [4.69, 9.17) is 4.74 Å². The highest BCUT2D eigenvalue weighted by Crippen LogP contribution is 2.21. The highest BCUT2D eigenvalue weighted by molar-refractivity contribution is 8.00. The van der Waals surface area contributed by atoms with E-state index in [-0.39, 0.29) is 11.7 Å². The van der Waals surface area contributed by atoms with Crippen LogP contribution in [0, 0.1) is 0 Å². The molecule has 0 saturated carbocycles. The summed E-state index contributed by atoms with van der Waals surface area (Å²) < 4.78 is 5.06. The number of aliphatic carboxylic acids is 1. The van der Waals surface area contributed by atoms with E-state index in [0.717, 1.165) is 10.6 Å². The normalized spacial score (nSPS) is 13.3. The van der Waals surface area contributed by atoms with Gasteiger partial charge < -0.3 is 15.2 Å². The zero-order valence-electron chi connectivity index (χ0n) is 12.5. The lowest BCUT2D eigenvalue weighted by Gasteiger charge is -2.25. The van der Waals surface area contributed by atoms with Crippen molar-refractivity contribution in [1.29, 1.82) is 0 Å². The predicted octanol–water partition coefficient (Wildman–Crippen LogP) is 2.55. The van der Waals surface area contributed by atoms with Gasteiger partial charge in [0.2, 0.25) is 5.91 Å². The van der Waals surface area contributed by atoms with Crippen LogP contribution in [0.3, 0.4) is 0 Å². The molecular weight excluding hydrogens is 290 g/mol. The first-order valence-corrected chi connectivity index (χ1v) is 7.71. The van der Waals surface area contributed by atoms with Gasteiger partial charge in [-0.2, -0.15) is 0 Å². The van der Waals surface area contributed by atoms with Crippen LogP contribution in [0.1, 0.15) is 26.7 Å². The number of rotatable bonds is 8. The number of thioether (sulfide) groups is 1. The van der Waals surface area contributed by atoms with Crippen LogP contribution in [-0.4, -0.2) is 35.4 Å². The van der Waals surface area contributed by atoms with Crippen molar-refractivity contribution in [2.45, 2.75) is 37.1 Å². The van der Waals surface area contributed by atoms with Crippen molar-refractivity contribution >= 4 is 23.6 Å². The quantitative estimate of drug-likeness (QED) is 0.722. The largest absolute Gasteiger partial charge is 0.497 e. The van der Waals surface area contributed by atoms with Crippen molar-refractivity contribution in [2.24, 2.45) is 0 Å². The maximum Gasteiger partial charge on any atom is 0.329 e. The Morgan fingerprint density at radius 2 is 1.95 bits per heavy atom. The molecule has 1 aromatic carbocycles. The van der Waals surface area contributed by atoms with Crippen molar-refractivity contribution in [1.82, 2.24) is 5.32 Å². The van der Waals surface area contributed by atoms with Crippen molar-refractivity contribution in [3.05, 3.63) is 24.3 Å². The Bertz CT molecular complexity index is 489. The average molecular weight is 311 g/mol. The van der Waals surface area contributed by atoms with Crippen molar-refractivity contribution in [3.63, 3.8) is 0 Å². The molecule has 0 bridgehead atoms. The van der Waals surface area contributed by atoms with Gasteiger partial charge in [0, 0.05) is 4.90 Å². The summed E-state index contributed by atoms with van der Waals surface area (Å²) in [6.07, 6.45) is 1.09. The molecule has 0 aromatic heterocycles.